The highest BCUT2D eigenvalue weighted by molar-refractivity contribution is 14.1. The Morgan fingerprint density at radius 2 is 2.09 bits per heavy atom. The van der Waals surface area contributed by atoms with Crippen molar-refractivity contribution in [3.8, 4) is 0 Å². The van der Waals surface area contributed by atoms with Crippen LogP contribution in [0.1, 0.15) is 0 Å². The van der Waals surface area contributed by atoms with E-state index in [1.165, 1.54) is 14.5 Å². The summed E-state index contributed by atoms with van der Waals surface area (Å²) < 4.78 is 3.46. The molecule has 0 aliphatic carbocycles. The maximum atomic E-state index is 2.36. The molecule has 2 rings (SSSR count). The van der Waals surface area contributed by atoms with E-state index < -0.39 is 0 Å². The molecule has 0 spiro atoms. The van der Waals surface area contributed by atoms with Gasteiger partial charge in [0, 0.05) is 22.2 Å². The third-order valence-electron chi connectivity index (χ3n) is 1.85. The first kappa shape index (κ1) is 7.16. The largest absolute Gasteiger partial charge is 0.350 e. The van der Waals surface area contributed by atoms with Gasteiger partial charge in [-0.05, 0) is 34.7 Å². The van der Waals surface area contributed by atoms with Crippen molar-refractivity contribution in [1.29, 1.82) is 0 Å². The Labute approximate surface area is 79.2 Å². The highest BCUT2D eigenvalue weighted by Gasteiger charge is 1.99. The second-order valence-corrected chi connectivity index (χ2v) is 3.77. The van der Waals surface area contributed by atoms with Crippen LogP contribution in [0.15, 0.2) is 30.5 Å². The van der Waals surface area contributed by atoms with Crippen LogP contribution < -0.4 is 0 Å². The lowest BCUT2D eigenvalue weighted by atomic mass is 10.2. The van der Waals surface area contributed by atoms with Crippen molar-refractivity contribution in [3.05, 3.63) is 34.0 Å². The van der Waals surface area contributed by atoms with Crippen molar-refractivity contribution in [2.75, 3.05) is 0 Å². The molecule has 0 fully saturated rings. The number of hydrogen-bond donors (Lipinski definition) is 0. The molecule has 0 aliphatic rings. The summed E-state index contributed by atoms with van der Waals surface area (Å²) in [5.74, 6) is 0. The van der Waals surface area contributed by atoms with Gasteiger partial charge >= 0.3 is 0 Å². The zero-order valence-corrected chi connectivity index (χ0v) is 8.37. The number of rotatable bonds is 0. The molecule has 0 unspecified atom stereocenters. The van der Waals surface area contributed by atoms with Crippen molar-refractivity contribution in [2.45, 2.75) is 0 Å². The minimum absolute atomic E-state index is 1.31. The summed E-state index contributed by atoms with van der Waals surface area (Å²) in [4.78, 5) is 0. The van der Waals surface area contributed by atoms with Crippen LogP contribution in [0.3, 0.4) is 0 Å². The molecule has 0 bridgehead atoms. The number of fused-ring (bicyclic) bond motifs is 1. The fraction of sp³-hybridized carbons (Fsp3) is 0.111. The third-order valence-corrected chi connectivity index (χ3v) is 2.72. The van der Waals surface area contributed by atoms with Crippen LogP contribution in [0.5, 0.6) is 0 Å². The Bertz CT molecular complexity index is 389. The fourth-order valence-corrected chi connectivity index (χ4v) is 2.20. The second-order valence-electron chi connectivity index (χ2n) is 2.60. The molecule has 0 amide bonds. The zero-order chi connectivity index (χ0) is 7.84. The predicted molar refractivity (Wildman–Crippen MR) is 55.6 cm³/mol. The van der Waals surface area contributed by atoms with Gasteiger partial charge in [-0.3, -0.25) is 0 Å². The molecule has 0 saturated heterocycles. The van der Waals surface area contributed by atoms with Gasteiger partial charge in [0.15, 0.2) is 0 Å². The van der Waals surface area contributed by atoms with Crippen molar-refractivity contribution in [3.63, 3.8) is 0 Å². The number of hydrogen-bond acceptors (Lipinski definition) is 0. The van der Waals surface area contributed by atoms with Gasteiger partial charge in [0.25, 0.3) is 0 Å². The average Bonchev–Trinajstić information content (AvgIpc) is 2.34. The van der Waals surface area contributed by atoms with Crippen LogP contribution in [-0.2, 0) is 7.05 Å². The normalized spacial score (nSPS) is 10.7. The van der Waals surface area contributed by atoms with E-state index in [0.717, 1.165) is 0 Å². The molecule has 1 aromatic carbocycles. The van der Waals surface area contributed by atoms with Crippen LogP contribution in [0, 0.1) is 3.57 Å². The third kappa shape index (κ3) is 1.05. The number of halogens is 1. The molecule has 1 heterocycles. The SMILES string of the molecule is Cn1ccc2cccc(I)c21. The van der Waals surface area contributed by atoms with Crippen LogP contribution in [0.25, 0.3) is 10.9 Å². The summed E-state index contributed by atoms with van der Waals surface area (Å²) in [5.41, 5.74) is 1.33. The number of aryl methyl sites for hydroxylation is 1. The van der Waals surface area contributed by atoms with E-state index in [1.807, 2.05) is 0 Å². The molecule has 1 nitrogen and oxygen atoms in total. The van der Waals surface area contributed by atoms with Gasteiger partial charge in [-0.15, -0.1) is 0 Å². The van der Waals surface area contributed by atoms with E-state index in [-0.39, 0.29) is 0 Å². The quantitative estimate of drug-likeness (QED) is 0.639. The molecule has 56 valence electrons. The van der Waals surface area contributed by atoms with E-state index >= 15 is 0 Å². The molecule has 0 N–H and O–H groups in total. The van der Waals surface area contributed by atoms with E-state index in [4.69, 9.17) is 0 Å². The number of benzene rings is 1. The van der Waals surface area contributed by atoms with Crippen molar-refractivity contribution < 1.29 is 0 Å². The summed E-state index contributed by atoms with van der Waals surface area (Å²) in [5, 5.41) is 1.32. The molecule has 0 aliphatic heterocycles. The minimum atomic E-state index is 1.31. The van der Waals surface area contributed by atoms with Gasteiger partial charge in [-0.2, -0.15) is 0 Å². The van der Waals surface area contributed by atoms with Crippen LogP contribution >= 0.6 is 22.6 Å². The van der Waals surface area contributed by atoms with Crippen LogP contribution in [0.4, 0.5) is 0 Å². The van der Waals surface area contributed by atoms with Gasteiger partial charge < -0.3 is 4.57 Å². The van der Waals surface area contributed by atoms with Crippen molar-refractivity contribution in [1.82, 2.24) is 4.57 Å². The Kier molecular flexibility index (Phi) is 1.64. The van der Waals surface area contributed by atoms with Gasteiger partial charge in [0.05, 0.1) is 5.52 Å². The van der Waals surface area contributed by atoms with Crippen molar-refractivity contribution >= 4 is 33.5 Å². The molecular formula is C9H8IN. The summed E-state index contributed by atoms with van der Waals surface area (Å²) in [6.07, 6.45) is 2.09. The molecule has 2 aromatic rings. The Balaban J connectivity index is 2.96. The molecular weight excluding hydrogens is 249 g/mol. The number of aromatic nitrogens is 1. The monoisotopic (exact) mass is 257 g/mol. The smallest absolute Gasteiger partial charge is 0.0613 e. The van der Waals surface area contributed by atoms with E-state index in [0.29, 0.717) is 0 Å². The first-order valence-electron chi connectivity index (χ1n) is 3.48. The van der Waals surface area contributed by atoms with Crippen molar-refractivity contribution in [2.24, 2.45) is 7.05 Å². The molecule has 0 radical (unpaired) electrons. The molecule has 2 heteroatoms. The summed E-state index contributed by atoms with van der Waals surface area (Å²) >= 11 is 2.36. The van der Waals surface area contributed by atoms with Crippen LogP contribution in [-0.4, -0.2) is 4.57 Å². The molecule has 0 saturated carbocycles. The second kappa shape index (κ2) is 2.52. The van der Waals surface area contributed by atoms with Gasteiger partial charge in [-0.1, -0.05) is 12.1 Å². The molecule has 0 atom stereocenters. The van der Waals surface area contributed by atoms with Gasteiger partial charge in [0.2, 0.25) is 0 Å². The maximum Gasteiger partial charge on any atom is 0.0613 e. The topological polar surface area (TPSA) is 4.93 Å². The maximum absolute atomic E-state index is 2.36. The lowest BCUT2D eigenvalue weighted by molar-refractivity contribution is 0.966. The van der Waals surface area contributed by atoms with Crippen LogP contribution in [0.2, 0.25) is 0 Å². The zero-order valence-electron chi connectivity index (χ0n) is 6.21. The number of nitrogens with zero attached hydrogens (tertiary/aromatic N) is 1. The predicted octanol–water partition coefficient (Wildman–Crippen LogP) is 2.78. The minimum Gasteiger partial charge on any atom is -0.350 e. The summed E-state index contributed by atoms with van der Waals surface area (Å²) in [7, 11) is 2.07. The molecule has 11 heavy (non-hydrogen) atoms. The summed E-state index contributed by atoms with van der Waals surface area (Å²) in [6, 6.07) is 8.49. The first-order valence-corrected chi connectivity index (χ1v) is 4.56. The average molecular weight is 257 g/mol. The van der Waals surface area contributed by atoms with Gasteiger partial charge in [0.1, 0.15) is 0 Å². The lowest BCUT2D eigenvalue weighted by Crippen LogP contribution is -1.85. The highest BCUT2D eigenvalue weighted by Crippen LogP contribution is 2.20. The Morgan fingerprint density at radius 1 is 1.27 bits per heavy atom. The lowest BCUT2D eigenvalue weighted by Gasteiger charge is -1.97. The standard InChI is InChI=1S/C9H8IN/c1-11-6-5-7-3-2-4-8(10)9(7)11/h2-6H,1H3. The fourth-order valence-electron chi connectivity index (χ4n) is 1.31. The highest BCUT2D eigenvalue weighted by atomic mass is 127. The van der Waals surface area contributed by atoms with E-state index in [1.54, 1.807) is 0 Å². The molecule has 1 aromatic heterocycles. The summed E-state index contributed by atoms with van der Waals surface area (Å²) in [6.45, 7) is 0. The Morgan fingerprint density at radius 3 is 2.82 bits per heavy atom. The van der Waals surface area contributed by atoms with Gasteiger partial charge in [-0.25, -0.2) is 0 Å². The Hall–Kier alpha value is -0.510. The number of para-hydroxylation sites is 1. The first-order chi connectivity index (χ1) is 5.29. The van der Waals surface area contributed by atoms with E-state index in [2.05, 4.69) is 64.7 Å². The van der Waals surface area contributed by atoms with E-state index in [9.17, 15) is 0 Å².